The molecule has 4 amide bonds. The summed E-state index contributed by atoms with van der Waals surface area (Å²) in [6, 6.07) is 6.44. The third kappa shape index (κ3) is 2.93. The second-order valence-corrected chi connectivity index (χ2v) is 8.25. The molecule has 0 bridgehead atoms. The molecule has 2 aliphatic heterocycles. The monoisotopic (exact) mass is 413 g/mol. The molecule has 1 atom stereocenters. The molecular weight excluding hydrogens is 394 g/mol. The van der Waals surface area contributed by atoms with Gasteiger partial charge in [0.25, 0.3) is 5.91 Å². The van der Waals surface area contributed by atoms with Gasteiger partial charge in [-0.1, -0.05) is 0 Å². The van der Waals surface area contributed by atoms with E-state index in [9.17, 15) is 14.4 Å². The van der Waals surface area contributed by atoms with E-state index in [-0.39, 0.29) is 12.5 Å². The van der Waals surface area contributed by atoms with Gasteiger partial charge in [0, 0.05) is 22.2 Å². The van der Waals surface area contributed by atoms with Crippen molar-refractivity contribution in [3.8, 4) is 11.5 Å². The summed E-state index contributed by atoms with van der Waals surface area (Å²) >= 11 is 1.59. The summed E-state index contributed by atoms with van der Waals surface area (Å²) in [7, 11) is 0. The molecule has 9 heteroatoms. The molecule has 1 spiro atoms. The molecular formula is C20H19N3O5S. The average molecular weight is 413 g/mol. The molecule has 3 heterocycles. The van der Waals surface area contributed by atoms with Gasteiger partial charge < -0.3 is 20.1 Å². The van der Waals surface area contributed by atoms with Gasteiger partial charge in [-0.3, -0.25) is 14.5 Å². The van der Waals surface area contributed by atoms with E-state index < -0.39 is 17.5 Å². The lowest BCUT2D eigenvalue weighted by Crippen LogP contribution is -2.46. The molecule has 1 fully saturated rings. The van der Waals surface area contributed by atoms with Crippen LogP contribution in [0.5, 0.6) is 11.5 Å². The minimum atomic E-state index is -1.04. The summed E-state index contributed by atoms with van der Waals surface area (Å²) < 4.78 is 11.0. The minimum absolute atomic E-state index is 0.347. The molecule has 0 unspecified atom stereocenters. The number of benzene rings is 1. The first-order valence-corrected chi connectivity index (χ1v) is 10.4. The van der Waals surface area contributed by atoms with Crippen molar-refractivity contribution in [3.05, 3.63) is 40.1 Å². The Morgan fingerprint density at radius 1 is 1.21 bits per heavy atom. The van der Waals surface area contributed by atoms with Crippen LogP contribution in [-0.2, 0) is 21.5 Å². The minimum Gasteiger partial charge on any atom is -0.486 e. The van der Waals surface area contributed by atoms with Crippen molar-refractivity contribution < 1.29 is 23.9 Å². The SMILES string of the molecule is O=C(CN1C(=O)N[C@]2(CCCc3sccc32)C1=O)Nc1ccc2c(c1)OCCO2. The highest BCUT2D eigenvalue weighted by Crippen LogP contribution is 2.42. The Bertz CT molecular complexity index is 1020. The number of hydrogen-bond acceptors (Lipinski definition) is 6. The predicted octanol–water partition coefficient (Wildman–Crippen LogP) is 2.24. The van der Waals surface area contributed by atoms with Crippen LogP contribution >= 0.6 is 11.3 Å². The number of anilines is 1. The fraction of sp³-hybridized carbons (Fsp3) is 0.350. The van der Waals surface area contributed by atoms with E-state index in [2.05, 4.69) is 10.6 Å². The van der Waals surface area contributed by atoms with Gasteiger partial charge in [-0.25, -0.2) is 4.79 Å². The number of ether oxygens (including phenoxy) is 2. The van der Waals surface area contributed by atoms with Crippen LogP contribution in [0.3, 0.4) is 0 Å². The number of amides is 4. The number of nitrogens with zero attached hydrogens (tertiary/aromatic N) is 1. The van der Waals surface area contributed by atoms with Crippen LogP contribution in [0.2, 0.25) is 0 Å². The smallest absolute Gasteiger partial charge is 0.325 e. The number of urea groups is 1. The van der Waals surface area contributed by atoms with Crippen LogP contribution in [-0.4, -0.2) is 42.5 Å². The molecule has 0 saturated carbocycles. The first-order chi connectivity index (χ1) is 14.1. The first-order valence-electron chi connectivity index (χ1n) is 9.47. The van der Waals surface area contributed by atoms with Crippen LogP contribution in [0.25, 0.3) is 0 Å². The highest BCUT2D eigenvalue weighted by atomic mass is 32.1. The normalized spacial score (nSPS) is 22.4. The lowest BCUT2D eigenvalue weighted by atomic mass is 9.80. The molecule has 1 saturated heterocycles. The van der Waals surface area contributed by atoms with Gasteiger partial charge in [-0.2, -0.15) is 0 Å². The zero-order valence-electron chi connectivity index (χ0n) is 15.5. The maximum Gasteiger partial charge on any atom is 0.325 e. The lowest BCUT2D eigenvalue weighted by Gasteiger charge is -2.31. The Kier molecular flexibility index (Phi) is 4.20. The summed E-state index contributed by atoms with van der Waals surface area (Å²) in [5.41, 5.74) is 0.336. The molecule has 8 nitrogen and oxygen atoms in total. The van der Waals surface area contributed by atoms with E-state index in [4.69, 9.17) is 9.47 Å². The summed E-state index contributed by atoms with van der Waals surface area (Å²) in [5, 5.41) is 7.51. The number of carbonyl (C=O) groups excluding carboxylic acids is 3. The second kappa shape index (κ2) is 6.77. The van der Waals surface area contributed by atoms with E-state index in [1.54, 1.807) is 29.5 Å². The molecule has 29 heavy (non-hydrogen) atoms. The van der Waals surface area contributed by atoms with Crippen molar-refractivity contribution >= 4 is 34.9 Å². The maximum absolute atomic E-state index is 13.2. The van der Waals surface area contributed by atoms with Crippen LogP contribution in [0, 0.1) is 0 Å². The van der Waals surface area contributed by atoms with Crippen LogP contribution in [0.15, 0.2) is 29.6 Å². The number of nitrogens with one attached hydrogen (secondary N) is 2. The Morgan fingerprint density at radius 3 is 2.90 bits per heavy atom. The summed E-state index contributed by atoms with van der Waals surface area (Å²) in [4.78, 5) is 40.4. The number of aryl methyl sites for hydroxylation is 1. The van der Waals surface area contributed by atoms with Crippen molar-refractivity contribution in [3.63, 3.8) is 0 Å². The van der Waals surface area contributed by atoms with Gasteiger partial charge in [0.1, 0.15) is 25.3 Å². The van der Waals surface area contributed by atoms with E-state index in [1.807, 2.05) is 11.4 Å². The Morgan fingerprint density at radius 2 is 2.03 bits per heavy atom. The average Bonchev–Trinajstić information content (AvgIpc) is 3.29. The van der Waals surface area contributed by atoms with E-state index in [0.717, 1.165) is 28.2 Å². The summed E-state index contributed by atoms with van der Waals surface area (Å²) in [6.07, 6.45) is 2.26. The molecule has 1 aliphatic carbocycles. The van der Waals surface area contributed by atoms with Crippen molar-refractivity contribution in [2.45, 2.75) is 24.8 Å². The van der Waals surface area contributed by atoms with E-state index in [1.165, 1.54) is 0 Å². The van der Waals surface area contributed by atoms with Gasteiger partial charge >= 0.3 is 6.03 Å². The number of thiophene rings is 1. The van der Waals surface area contributed by atoms with Crippen molar-refractivity contribution in [2.24, 2.45) is 0 Å². The highest BCUT2D eigenvalue weighted by Gasteiger charge is 2.54. The molecule has 2 aromatic rings. The Balaban J connectivity index is 1.32. The first kappa shape index (κ1) is 18.0. The maximum atomic E-state index is 13.2. The quantitative estimate of drug-likeness (QED) is 0.753. The number of rotatable bonds is 3. The Hall–Kier alpha value is -3.07. The van der Waals surface area contributed by atoms with Crippen LogP contribution < -0.4 is 20.1 Å². The molecule has 1 aromatic heterocycles. The molecule has 150 valence electrons. The van der Waals surface area contributed by atoms with Gasteiger partial charge in [0.2, 0.25) is 5.91 Å². The topological polar surface area (TPSA) is 97.0 Å². The zero-order valence-corrected chi connectivity index (χ0v) is 16.3. The standard InChI is InChI=1S/C20H19N3O5S/c24-17(21-12-3-4-14-15(10-12)28-8-7-27-14)11-23-18(25)20(22-19(23)26)6-1-2-16-13(20)5-9-29-16/h3-5,9-10H,1-2,6-8,11H2,(H,21,24)(H,22,26)/t20-/m0/s1. The molecule has 3 aliphatic rings. The van der Waals surface area contributed by atoms with E-state index in [0.29, 0.717) is 36.8 Å². The van der Waals surface area contributed by atoms with Gasteiger partial charge in [-0.05, 0) is 42.8 Å². The molecule has 1 aromatic carbocycles. The number of hydrogen-bond donors (Lipinski definition) is 2. The van der Waals surface area contributed by atoms with Crippen LogP contribution in [0.1, 0.15) is 23.3 Å². The fourth-order valence-electron chi connectivity index (χ4n) is 4.15. The van der Waals surface area contributed by atoms with Crippen LogP contribution in [0.4, 0.5) is 10.5 Å². The third-order valence-corrected chi connectivity index (χ3v) is 6.44. The van der Waals surface area contributed by atoms with Gasteiger partial charge in [0.05, 0.1) is 0 Å². The molecule has 2 N–H and O–H groups in total. The molecule has 5 rings (SSSR count). The fourth-order valence-corrected chi connectivity index (χ4v) is 5.15. The zero-order chi connectivity index (χ0) is 20.0. The highest BCUT2D eigenvalue weighted by molar-refractivity contribution is 7.10. The number of carbonyl (C=O) groups is 3. The summed E-state index contributed by atoms with van der Waals surface area (Å²) in [6.45, 7) is 0.582. The van der Waals surface area contributed by atoms with E-state index >= 15 is 0 Å². The summed E-state index contributed by atoms with van der Waals surface area (Å²) in [5.74, 6) is 0.354. The lowest BCUT2D eigenvalue weighted by molar-refractivity contribution is -0.134. The van der Waals surface area contributed by atoms with Crippen molar-refractivity contribution in [1.29, 1.82) is 0 Å². The Labute approximate surface area is 170 Å². The van der Waals surface area contributed by atoms with Gasteiger partial charge in [0.15, 0.2) is 11.5 Å². The van der Waals surface area contributed by atoms with Gasteiger partial charge in [-0.15, -0.1) is 11.3 Å². The largest absolute Gasteiger partial charge is 0.486 e. The third-order valence-electron chi connectivity index (χ3n) is 5.46. The second-order valence-electron chi connectivity index (χ2n) is 7.24. The number of fused-ring (bicyclic) bond motifs is 3. The van der Waals surface area contributed by atoms with Crippen molar-refractivity contribution in [1.82, 2.24) is 10.2 Å². The van der Waals surface area contributed by atoms with Crippen molar-refractivity contribution in [2.75, 3.05) is 25.1 Å². The predicted molar refractivity (Wildman–Crippen MR) is 105 cm³/mol. The molecule has 0 radical (unpaired) electrons. The number of imide groups is 1.